The lowest BCUT2D eigenvalue weighted by molar-refractivity contribution is 0.327. The molecule has 1 fully saturated rings. The van der Waals surface area contributed by atoms with Crippen molar-refractivity contribution in [3.8, 4) is 17.0 Å². The minimum absolute atomic E-state index is 0.00848. The zero-order valence-electron chi connectivity index (χ0n) is 16.2. The average Bonchev–Trinajstić information content (AvgIpc) is 3.39. The van der Waals surface area contributed by atoms with Gasteiger partial charge in [0.1, 0.15) is 0 Å². The van der Waals surface area contributed by atoms with Gasteiger partial charge in [0.05, 0.1) is 28.5 Å². The number of aromatic nitrogens is 2. The second-order valence-corrected chi connectivity index (χ2v) is 10.6. The van der Waals surface area contributed by atoms with Crippen LogP contribution in [0.5, 0.6) is 5.88 Å². The van der Waals surface area contributed by atoms with Crippen LogP contribution in [0.15, 0.2) is 46.9 Å². The van der Waals surface area contributed by atoms with Crippen LogP contribution >= 0.6 is 11.3 Å². The summed E-state index contributed by atoms with van der Waals surface area (Å²) < 4.78 is 31.7. The van der Waals surface area contributed by atoms with Gasteiger partial charge >= 0.3 is 0 Å². The summed E-state index contributed by atoms with van der Waals surface area (Å²) in [5.41, 5.74) is 5.60. The van der Waals surface area contributed by atoms with Gasteiger partial charge in [0.25, 0.3) is 0 Å². The second kappa shape index (κ2) is 6.90. The summed E-state index contributed by atoms with van der Waals surface area (Å²) in [7, 11) is -1.73. The molecule has 1 saturated heterocycles. The molecule has 0 bridgehead atoms. The number of hydrogen-bond donors (Lipinski definition) is 0. The van der Waals surface area contributed by atoms with E-state index in [-0.39, 0.29) is 11.2 Å². The Morgan fingerprint density at radius 3 is 2.86 bits per heavy atom. The Labute approximate surface area is 174 Å². The first-order chi connectivity index (χ1) is 14.0. The minimum Gasteiger partial charge on any atom is -0.481 e. The summed E-state index contributed by atoms with van der Waals surface area (Å²) in [6.45, 7) is 4.05. The van der Waals surface area contributed by atoms with Crippen molar-refractivity contribution in [1.82, 2.24) is 14.9 Å². The number of likely N-dealkylation sites (tertiary alicyclic amines) is 1. The molecule has 2 unspecified atom stereocenters. The normalized spacial score (nSPS) is 22.4. The van der Waals surface area contributed by atoms with Crippen molar-refractivity contribution >= 4 is 21.2 Å². The third kappa shape index (κ3) is 2.97. The lowest BCUT2D eigenvalue weighted by Gasteiger charge is -2.17. The highest BCUT2D eigenvalue weighted by Gasteiger charge is 2.50. The fraction of sp³-hybridized carbons (Fsp3) is 0.333. The Morgan fingerprint density at radius 1 is 1.24 bits per heavy atom. The Bertz CT molecular complexity index is 1190. The molecule has 0 amide bonds. The molecular formula is C21H21N3O3S2. The summed E-state index contributed by atoms with van der Waals surface area (Å²) in [5, 5.41) is -0.378. The second-order valence-electron chi connectivity index (χ2n) is 7.56. The van der Waals surface area contributed by atoms with E-state index in [1.807, 2.05) is 36.7 Å². The molecule has 3 aromatic rings. The van der Waals surface area contributed by atoms with Crippen LogP contribution in [0, 0.1) is 6.92 Å². The number of pyridine rings is 1. The molecule has 0 spiro atoms. The fourth-order valence-corrected chi connectivity index (χ4v) is 7.49. The maximum absolute atomic E-state index is 13.2. The molecule has 0 N–H and O–H groups in total. The minimum atomic E-state index is -3.32. The van der Waals surface area contributed by atoms with Gasteiger partial charge < -0.3 is 4.74 Å². The van der Waals surface area contributed by atoms with E-state index < -0.39 is 9.84 Å². The number of ether oxygens (including phenoxy) is 1. The fourth-order valence-electron chi connectivity index (χ4n) is 4.48. The topological polar surface area (TPSA) is 72.4 Å². The summed E-state index contributed by atoms with van der Waals surface area (Å²) in [4.78, 5) is 12.5. The van der Waals surface area contributed by atoms with Gasteiger partial charge in [-0.05, 0) is 42.3 Å². The van der Waals surface area contributed by atoms with Gasteiger partial charge in [0.15, 0.2) is 9.84 Å². The van der Waals surface area contributed by atoms with Gasteiger partial charge in [-0.3, -0.25) is 4.90 Å². The van der Waals surface area contributed by atoms with E-state index in [9.17, 15) is 8.42 Å². The molecule has 0 aliphatic carbocycles. The molecule has 0 saturated carbocycles. The Hall–Kier alpha value is -2.29. The largest absolute Gasteiger partial charge is 0.481 e. The smallest absolute Gasteiger partial charge is 0.221 e. The van der Waals surface area contributed by atoms with Crippen molar-refractivity contribution in [2.75, 3.05) is 20.2 Å². The molecule has 8 heteroatoms. The monoisotopic (exact) mass is 427 g/mol. The van der Waals surface area contributed by atoms with E-state index in [1.54, 1.807) is 30.7 Å². The molecule has 29 heavy (non-hydrogen) atoms. The molecule has 4 heterocycles. The molecule has 2 aliphatic rings. The molecule has 0 radical (unpaired) electrons. The Kier molecular flexibility index (Phi) is 4.45. The molecule has 6 nitrogen and oxygen atoms in total. The molecule has 2 atom stereocenters. The predicted octanol–water partition coefficient (Wildman–Crippen LogP) is 3.28. The summed E-state index contributed by atoms with van der Waals surface area (Å²) in [5.74, 6) is 0.532. The molecule has 2 aliphatic heterocycles. The first kappa shape index (κ1) is 18.7. The van der Waals surface area contributed by atoms with E-state index >= 15 is 0 Å². The Morgan fingerprint density at radius 2 is 2.10 bits per heavy atom. The lowest BCUT2D eigenvalue weighted by Crippen LogP contribution is -2.25. The third-order valence-electron chi connectivity index (χ3n) is 5.94. The number of benzene rings is 1. The summed E-state index contributed by atoms with van der Waals surface area (Å²) >= 11 is 1.63. The van der Waals surface area contributed by atoms with Crippen LogP contribution in [0.4, 0.5) is 0 Å². The average molecular weight is 428 g/mol. The predicted molar refractivity (Wildman–Crippen MR) is 112 cm³/mol. The van der Waals surface area contributed by atoms with Crippen LogP contribution in [0.1, 0.15) is 22.1 Å². The van der Waals surface area contributed by atoms with E-state index in [2.05, 4.69) is 14.9 Å². The van der Waals surface area contributed by atoms with Crippen LogP contribution in [-0.4, -0.2) is 48.7 Å². The highest BCUT2D eigenvalue weighted by atomic mass is 32.2. The number of nitrogens with zero attached hydrogens (tertiary/aromatic N) is 3. The van der Waals surface area contributed by atoms with Gasteiger partial charge in [-0.1, -0.05) is 6.07 Å². The third-order valence-corrected chi connectivity index (χ3v) is 9.12. The van der Waals surface area contributed by atoms with Gasteiger partial charge in [0, 0.05) is 42.2 Å². The summed E-state index contributed by atoms with van der Waals surface area (Å²) in [6, 6.07) is 9.43. The van der Waals surface area contributed by atoms with Crippen LogP contribution < -0.4 is 4.74 Å². The van der Waals surface area contributed by atoms with Gasteiger partial charge in [-0.25, -0.2) is 18.4 Å². The van der Waals surface area contributed by atoms with Crippen molar-refractivity contribution in [2.45, 2.75) is 29.5 Å². The highest BCUT2D eigenvalue weighted by molar-refractivity contribution is 7.92. The van der Waals surface area contributed by atoms with E-state index in [0.29, 0.717) is 17.3 Å². The molecule has 1 aromatic carbocycles. The Balaban J connectivity index is 1.51. The number of thiazole rings is 1. The van der Waals surface area contributed by atoms with Gasteiger partial charge in [-0.2, -0.15) is 0 Å². The number of sulfone groups is 1. The zero-order chi connectivity index (χ0) is 20.2. The number of aryl methyl sites for hydroxylation is 1. The van der Waals surface area contributed by atoms with E-state index in [4.69, 9.17) is 4.74 Å². The highest BCUT2D eigenvalue weighted by Crippen LogP contribution is 2.46. The van der Waals surface area contributed by atoms with Crippen LogP contribution in [0.25, 0.3) is 11.1 Å². The van der Waals surface area contributed by atoms with E-state index in [0.717, 1.165) is 35.5 Å². The number of rotatable bonds is 4. The van der Waals surface area contributed by atoms with Crippen molar-refractivity contribution in [3.63, 3.8) is 0 Å². The van der Waals surface area contributed by atoms with Crippen molar-refractivity contribution < 1.29 is 13.2 Å². The number of hydrogen-bond acceptors (Lipinski definition) is 7. The maximum Gasteiger partial charge on any atom is 0.221 e. The molecule has 5 rings (SSSR count). The van der Waals surface area contributed by atoms with Gasteiger partial charge in [0.2, 0.25) is 5.88 Å². The molecule has 150 valence electrons. The van der Waals surface area contributed by atoms with Gasteiger partial charge in [-0.15, -0.1) is 11.3 Å². The number of fused-ring (bicyclic) bond motifs is 3. The van der Waals surface area contributed by atoms with Crippen LogP contribution in [-0.2, 0) is 16.4 Å². The van der Waals surface area contributed by atoms with Crippen LogP contribution in [0.3, 0.4) is 0 Å². The summed E-state index contributed by atoms with van der Waals surface area (Å²) in [6.07, 6.45) is 1.69. The number of methoxy groups -OCH3 is 1. The maximum atomic E-state index is 13.2. The quantitative estimate of drug-likeness (QED) is 0.636. The molecular weight excluding hydrogens is 406 g/mol. The van der Waals surface area contributed by atoms with Crippen molar-refractivity contribution in [1.29, 1.82) is 0 Å². The van der Waals surface area contributed by atoms with E-state index in [1.165, 1.54) is 4.88 Å². The van der Waals surface area contributed by atoms with Crippen molar-refractivity contribution in [2.24, 2.45) is 0 Å². The van der Waals surface area contributed by atoms with Crippen molar-refractivity contribution in [3.05, 3.63) is 58.2 Å². The van der Waals surface area contributed by atoms with Crippen LogP contribution in [0.2, 0.25) is 0 Å². The molecule has 2 aromatic heterocycles. The first-order valence-electron chi connectivity index (χ1n) is 9.47. The zero-order valence-corrected chi connectivity index (χ0v) is 17.8. The standard InChI is InChI=1S/C21H21N3O3S2/c1-13-18(28-12-23-13)10-24-9-17-16-8-14(15-4-3-7-22-21(15)27-2)5-6-19(16)29(25,26)20(17)11-24/h3-8,12,17,20H,9-11H2,1-2H3. The SMILES string of the molecule is COc1ncccc1-c1ccc2c(c1)C1CN(Cc3scnc3C)CC1S2(=O)=O. The lowest BCUT2D eigenvalue weighted by atomic mass is 9.95. The first-order valence-corrected chi connectivity index (χ1v) is 11.9.